The van der Waals surface area contributed by atoms with Gasteiger partial charge in [-0.1, -0.05) is 0 Å². The molecule has 3 rings (SSSR count). The van der Waals surface area contributed by atoms with Gasteiger partial charge in [0, 0.05) is 37.3 Å². The van der Waals surface area contributed by atoms with Gasteiger partial charge in [0.1, 0.15) is 12.0 Å². The first-order valence-electron chi connectivity index (χ1n) is 8.64. The van der Waals surface area contributed by atoms with Crippen molar-refractivity contribution in [3.8, 4) is 17.2 Å². The van der Waals surface area contributed by atoms with Crippen molar-refractivity contribution < 1.29 is 17.6 Å². The number of hydrogen-bond donors (Lipinski definition) is 1. The summed E-state index contributed by atoms with van der Waals surface area (Å²) in [6.07, 6.45) is -5.10. The first kappa shape index (κ1) is 21.8. The molecule has 1 aromatic carbocycles. The third-order valence-electron chi connectivity index (χ3n) is 4.58. The van der Waals surface area contributed by atoms with Gasteiger partial charge in [-0.2, -0.15) is 18.4 Å². The molecular formula is C19H14F4N6O2. The van der Waals surface area contributed by atoms with Gasteiger partial charge in [0.25, 0.3) is 5.56 Å². The van der Waals surface area contributed by atoms with Gasteiger partial charge < -0.3 is 5.73 Å². The summed E-state index contributed by atoms with van der Waals surface area (Å²) < 4.78 is 54.0. The van der Waals surface area contributed by atoms with Crippen LogP contribution in [0, 0.1) is 17.1 Å². The maximum absolute atomic E-state index is 14.1. The van der Waals surface area contributed by atoms with Crippen LogP contribution in [-0.2, 0) is 20.6 Å². The minimum absolute atomic E-state index is 0.0646. The van der Waals surface area contributed by atoms with E-state index in [0.717, 1.165) is 27.3 Å². The molecule has 0 unspecified atom stereocenters. The number of fused-ring (bicyclic) bond motifs is 1. The van der Waals surface area contributed by atoms with E-state index in [1.165, 1.54) is 14.1 Å². The Morgan fingerprint density at radius 3 is 2.52 bits per heavy atom. The van der Waals surface area contributed by atoms with E-state index in [2.05, 4.69) is 9.98 Å². The van der Waals surface area contributed by atoms with Crippen molar-refractivity contribution in [3.63, 3.8) is 0 Å². The number of rotatable bonds is 3. The Hall–Kier alpha value is -3.85. The van der Waals surface area contributed by atoms with Crippen LogP contribution in [0.1, 0.15) is 11.1 Å². The van der Waals surface area contributed by atoms with Crippen LogP contribution in [0.15, 0.2) is 32.8 Å². The molecule has 0 atom stereocenters. The molecule has 0 fully saturated rings. The Morgan fingerprint density at radius 1 is 1.26 bits per heavy atom. The fourth-order valence-corrected chi connectivity index (χ4v) is 3.17. The summed E-state index contributed by atoms with van der Waals surface area (Å²) in [6, 6.07) is 4.98. The van der Waals surface area contributed by atoms with Crippen LogP contribution in [0.25, 0.3) is 22.2 Å². The maximum atomic E-state index is 14.1. The molecule has 8 nitrogen and oxygen atoms in total. The van der Waals surface area contributed by atoms with E-state index < -0.39 is 35.6 Å². The Bertz CT molecular complexity index is 1400. The van der Waals surface area contributed by atoms with Gasteiger partial charge in [0.15, 0.2) is 11.5 Å². The highest BCUT2D eigenvalue weighted by molar-refractivity contribution is 5.98. The largest absolute Gasteiger partial charge is 0.426 e. The van der Waals surface area contributed by atoms with E-state index in [4.69, 9.17) is 5.73 Å². The predicted molar refractivity (Wildman–Crippen MR) is 104 cm³/mol. The number of halogens is 4. The van der Waals surface area contributed by atoms with Gasteiger partial charge in [-0.05, 0) is 18.2 Å². The van der Waals surface area contributed by atoms with Gasteiger partial charge in [-0.15, -0.1) is 0 Å². The molecule has 0 spiro atoms. The number of aryl methyl sites for hydroxylation is 1. The van der Waals surface area contributed by atoms with E-state index in [0.29, 0.717) is 0 Å². The van der Waals surface area contributed by atoms with Crippen LogP contribution in [0.4, 0.5) is 23.4 Å². The highest BCUT2D eigenvalue weighted by Crippen LogP contribution is 2.36. The molecule has 0 radical (unpaired) electrons. The zero-order valence-corrected chi connectivity index (χ0v) is 16.2. The number of nitrogens with two attached hydrogens (primary N) is 1. The second-order valence-electron chi connectivity index (χ2n) is 6.50. The molecule has 0 aliphatic carbocycles. The number of nitriles is 1. The smallest absolute Gasteiger partial charge is 0.326 e. The third-order valence-corrected chi connectivity index (χ3v) is 4.58. The molecule has 0 aliphatic heterocycles. The monoisotopic (exact) mass is 434 g/mol. The number of aromatic nitrogens is 3. The van der Waals surface area contributed by atoms with Crippen molar-refractivity contribution in [2.24, 2.45) is 24.8 Å². The van der Waals surface area contributed by atoms with Crippen LogP contribution < -0.4 is 17.0 Å². The lowest BCUT2D eigenvalue weighted by Gasteiger charge is -2.17. The molecule has 0 aliphatic rings. The second kappa shape index (κ2) is 7.77. The van der Waals surface area contributed by atoms with Crippen molar-refractivity contribution in [1.29, 1.82) is 5.26 Å². The van der Waals surface area contributed by atoms with Crippen molar-refractivity contribution in [2.45, 2.75) is 12.7 Å². The molecule has 0 saturated carbocycles. The number of benzene rings is 1. The van der Waals surface area contributed by atoms with Crippen LogP contribution in [0.3, 0.4) is 0 Å². The lowest BCUT2D eigenvalue weighted by Crippen LogP contribution is -2.37. The van der Waals surface area contributed by atoms with Gasteiger partial charge >= 0.3 is 11.9 Å². The molecule has 0 saturated heterocycles. The van der Waals surface area contributed by atoms with Crippen molar-refractivity contribution >= 4 is 23.1 Å². The number of pyridine rings is 1. The average Bonchev–Trinajstić information content (AvgIpc) is 2.72. The fourth-order valence-electron chi connectivity index (χ4n) is 3.17. The normalized spacial score (nSPS) is 11.9. The SMILES string of the molecule is Cn1c(=O)c2c(-c3cc(F)ccc3C#N)c(CN)c(N=CC(F)(F)F)nc2n(C)c1=O. The molecule has 160 valence electrons. The molecule has 2 heterocycles. The summed E-state index contributed by atoms with van der Waals surface area (Å²) in [5.74, 6) is -1.28. The quantitative estimate of drug-likeness (QED) is 0.500. The Balaban J connectivity index is 2.66. The molecule has 0 amide bonds. The van der Waals surface area contributed by atoms with Gasteiger partial charge in [0.2, 0.25) is 0 Å². The molecular weight excluding hydrogens is 420 g/mol. The standard InChI is InChI=1S/C19H14F4N6O2/c1-28-16-14(17(30)29(2)18(28)31)13(11-5-10(20)4-3-9(11)6-24)12(7-25)15(27-16)26-8-19(21,22)23/h3-5,8H,7,25H2,1-2H3. The lowest BCUT2D eigenvalue weighted by atomic mass is 9.93. The van der Waals surface area contributed by atoms with Crippen molar-refractivity contribution in [2.75, 3.05) is 0 Å². The van der Waals surface area contributed by atoms with Crippen molar-refractivity contribution in [3.05, 3.63) is 56.0 Å². The average molecular weight is 434 g/mol. The maximum Gasteiger partial charge on any atom is 0.426 e. The molecule has 2 aromatic heterocycles. The number of alkyl halides is 3. The summed E-state index contributed by atoms with van der Waals surface area (Å²) in [4.78, 5) is 32.6. The molecule has 31 heavy (non-hydrogen) atoms. The minimum atomic E-state index is -4.78. The first-order chi connectivity index (χ1) is 14.5. The zero-order valence-electron chi connectivity index (χ0n) is 16.2. The van der Waals surface area contributed by atoms with Gasteiger partial charge in [-0.25, -0.2) is 19.2 Å². The van der Waals surface area contributed by atoms with E-state index in [1.807, 2.05) is 6.07 Å². The van der Waals surface area contributed by atoms with Crippen LogP contribution in [-0.4, -0.2) is 26.5 Å². The Morgan fingerprint density at radius 2 is 1.94 bits per heavy atom. The van der Waals surface area contributed by atoms with E-state index in [9.17, 15) is 32.4 Å². The first-order valence-corrected chi connectivity index (χ1v) is 8.64. The summed E-state index contributed by atoms with van der Waals surface area (Å²) >= 11 is 0. The van der Waals surface area contributed by atoms with Gasteiger partial charge in [-0.3, -0.25) is 13.9 Å². The molecule has 12 heteroatoms. The predicted octanol–water partition coefficient (Wildman–Crippen LogP) is 2.03. The third kappa shape index (κ3) is 3.82. The van der Waals surface area contributed by atoms with E-state index >= 15 is 0 Å². The van der Waals surface area contributed by atoms with Crippen molar-refractivity contribution in [1.82, 2.24) is 14.1 Å². The minimum Gasteiger partial charge on any atom is -0.326 e. The summed E-state index contributed by atoms with van der Waals surface area (Å²) in [6.45, 7) is -0.434. The van der Waals surface area contributed by atoms with Crippen LogP contribution >= 0.6 is 0 Å². The lowest BCUT2D eigenvalue weighted by molar-refractivity contribution is -0.0535. The summed E-state index contributed by atoms with van der Waals surface area (Å²) in [7, 11) is 2.46. The molecule has 2 N–H and O–H groups in total. The number of hydrogen-bond acceptors (Lipinski definition) is 6. The highest BCUT2D eigenvalue weighted by Gasteiger charge is 2.26. The van der Waals surface area contributed by atoms with E-state index in [1.54, 1.807) is 0 Å². The molecule has 0 bridgehead atoms. The van der Waals surface area contributed by atoms with Crippen LogP contribution in [0.2, 0.25) is 0 Å². The zero-order chi connectivity index (χ0) is 23.1. The fraction of sp³-hybridized carbons (Fsp3) is 0.211. The summed E-state index contributed by atoms with van der Waals surface area (Å²) in [5, 5.41) is 9.26. The Labute approximate surface area is 171 Å². The van der Waals surface area contributed by atoms with Gasteiger partial charge in [0.05, 0.1) is 17.0 Å². The Kier molecular flexibility index (Phi) is 5.47. The van der Waals surface area contributed by atoms with E-state index in [-0.39, 0.29) is 39.5 Å². The van der Waals surface area contributed by atoms with Crippen LogP contribution in [0.5, 0.6) is 0 Å². The topological polar surface area (TPSA) is 119 Å². The highest BCUT2D eigenvalue weighted by atomic mass is 19.4. The summed E-state index contributed by atoms with van der Waals surface area (Å²) in [5.41, 5.74) is 3.45. The molecule has 3 aromatic rings. The number of nitrogens with zero attached hydrogens (tertiary/aromatic N) is 5. The second-order valence-corrected chi connectivity index (χ2v) is 6.50. The number of aliphatic imine (C=N–C) groups is 1.